The van der Waals surface area contributed by atoms with Crippen LogP contribution in [-0.4, -0.2) is 50.8 Å². The van der Waals surface area contributed by atoms with E-state index in [0.717, 1.165) is 0 Å². The quantitative estimate of drug-likeness (QED) is 0.268. The first-order valence-electron chi connectivity index (χ1n) is 4.94. The van der Waals surface area contributed by atoms with Gasteiger partial charge in [0.25, 0.3) is 20.2 Å². The number of carboxylic acids is 1. The van der Waals surface area contributed by atoms with Gasteiger partial charge in [0.2, 0.25) is 0 Å². The minimum Gasteiger partial charge on any atom is -1.00 e. The van der Waals surface area contributed by atoms with E-state index in [2.05, 4.69) is 4.18 Å². The van der Waals surface area contributed by atoms with Crippen LogP contribution in [0.5, 0.6) is 0 Å². The monoisotopic (exact) mass is 350 g/mol. The van der Waals surface area contributed by atoms with Crippen LogP contribution in [0.15, 0.2) is 28.0 Å². The van der Waals surface area contributed by atoms with Gasteiger partial charge in [0.15, 0.2) is 0 Å². The number of aliphatic hydroxyl groups excluding tert-OH is 1. The first-order valence-corrected chi connectivity index (χ1v) is 7.79. The molecule has 0 bridgehead atoms. The van der Waals surface area contributed by atoms with Crippen LogP contribution >= 0.6 is 0 Å². The van der Waals surface area contributed by atoms with Gasteiger partial charge in [-0.3, -0.25) is 8.74 Å². The van der Waals surface area contributed by atoms with Crippen molar-refractivity contribution in [1.29, 1.82) is 0 Å². The minimum atomic E-state index is -4.79. The molecule has 21 heavy (non-hydrogen) atoms. The Morgan fingerprint density at radius 3 is 2.10 bits per heavy atom. The molecule has 9 nitrogen and oxygen atoms in total. The van der Waals surface area contributed by atoms with Gasteiger partial charge in [0.05, 0.1) is 28.6 Å². The molecule has 0 aromatic heterocycles. The van der Waals surface area contributed by atoms with Crippen molar-refractivity contribution in [1.82, 2.24) is 0 Å². The van der Waals surface area contributed by atoms with Crippen LogP contribution in [0.3, 0.4) is 0 Å². The SMILES string of the molecule is O=C(O)c1cc(S(=O)(=O)O)cc(S(=O)(=O)OCCO)c1.[H-].[Na+]. The summed E-state index contributed by atoms with van der Waals surface area (Å²) in [6.07, 6.45) is 0. The number of aromatic carboxylic acids is 1. The Kier molecular flexibility index (Phi) is 7.45. The van der Waals surface area contributed by atoms with Gasteiger partial charge in [0.1, 0.15) is 0 Å². The molecule has 0 radical (unpaired) electrons. The number of hydrogen-bond donors (Lipinski definition) is 3. The zero-order chi connectivity index (χ0) is 15.6. The standard InChI is InChI=1S/C9H10O9S2.Na.H/c10-1-2-18-20(16,17)8-4-6(9(11)12)3-7(5-8)19(13,14)15;;/h3-5,10H,1-2H2,(H,11,12)(H,13,14,15);;/q;+1;-1. The smallest absolute Gasteiger partial charge is 1.00 e. The van der Waals surface area contributed by atoms with Gasteiger partial charge < -0.3 is 11.6 Å². The normalized spacial score (nSPS) is 11.7. The molecule has 0 saturated heterocycles. The van der Waals surface area contributed by atoms with Gasteiger partial charge in [-0.1, -0.05) is 0 Å². The van der Waals surface area contributed by atoms with Crippen LogP contribution in [0, 0.1) is 0 Å². The zero-order valence-corrected chi connectivity index (χ0v) is 14.4. The van der Waals surface area contributed by atoms with Crippen LogP contribution in [0.25, 0.3) is 0 Å². The van der Waals surface area contributed by atoms with Gasteiger partial charge in [0, 0.05) is 0 Å². The summed E-state index contributed by atoms with van der Waals surface area (Å²) in [6, 6.07) is 1.82. The Morgan fingerprint density at radius 1 is 1.14 bits per heavy atom. The summed E-state index contributed by atoms with van der Waals surface area (Å²) in [4.78, 5) is 9.16. The largest absolute Gasteiger partial charge is 1.00 e. The fraction of sp³-hybridized carbons (Fsp3) is 0.222. The molecule has 0 atom stereocenters. The molecule has 0 aliphatic rings. The Bertz CT molecular complexity index is 729. The molecular formula is C9H11NaO9S2. The molecule has 1 rings (SSSR count). The van der Waals surface area contributed by atoms with Crippen LogP contribution in [0.4, 0.5) is 0 Å². The molecule has 0 aliphatic heterocycles. The second kappa shape index (κ2) is 7.65. The summed E-state index contributed by atoms with van der Waals surface area (Å²) in [5.41, 5.74) is -0.661. The van der Waals surface area contributed by atoms with Crippen molar-refractivity contribution >= 4 is 26.2 Å². The average molecular weight is 350 g/mol. The summed E-state index contributed by atoms with van der Waals surface area (Å²) in [6.45, 7) is -1.19. The number of aliphatic hydroxyl groups is 1. The number of carboxylic acid groups (broad SMARTS) is 1. The molecule has 12 heteroatoms. The van der Waals surface area contributed by atoms with E-state index in [1.54, 1.807) is 0 Å². The third kappa shape index (κ3) is 5.64. The van der Waals surface area contributed by atoms with Gasteiger partial charge in [-0.2, -0.15) is 16.8 Å². The fourth-order valence-electron chi connectivity index (χ4n) is 1.20. The van der Waals surface area contributed by atoms with Crippen molar-refractivity contribution < 1.29 is 71.6 Å². The van der Waals surface area contributed by atoms with Crippen molar-refractivity contribution in [2.45, 2.75) is 9.79 Å². The molecule has 1 aromatic rings. The second-order valence-corrected chi connectivity index (χ2v) is 6.51. The van der Waals surface area contributed by atoms with Crippen LogP contribution in [0.1, 0.15) is 11.8 Å². The average Bonchev–Trinajstić information content (AvgIpc) is 2.34. The van der Waals surface area contributed by atoms with E-state index in [0.29, 0.717) is 18.2 Å². The first kappa shape index (κ1) is 20.5. The van der Waals surface area contributed by atoms with Crippen molar-refractivity contribution in [3.8, 4) is 0 Å². The van der Waals surface area contributed by atoms with Crippen LogP contribution < -0.4 is 29.6 Å². The molecule has 114 valence electrons. The molecule has 1 aromatic carbocycles. The Hall–Kier alpha value is -0.530. The summed E-state index contributed by atoms with van der Waals surface area (Å²) in [5, 5.41) is 17.3. The van der Waals surface area contributed by atoms with E-state index in [-0.39, 0.29) is 31.0 Å². The second-order valence-electron chi connectivity index (χ2n) is 3.47. The van der Waals surface area contributed by atoms with Crippen molar-refractivity contribution in [3.63, 3.8) is 0 Å². The van der Waals surface area contributed by atoms with E-state index >= 15 is 0 Å². The van der Waals surface area contributed by atoms with Crippen molar-refractivity contribution in [2.75, 3.05) is 13.2 Å². The molecule has 0 amide bonds. The Labute approximate surface area is 144 Å². The van der Waals surface area contributed by atoms with Crippen LogP contribution in [-0.2, 0) is 24.4 Å². The molecule has 0 heterocycles. The zero-order valence-electron chi connectivity index (χ0n) is 11.8. The number of carbonyl (C=O) groups is 1. The molecular weight excluding hydrogens is 339 g/mol. The van der Waals surface area contributed by atoms with E-state index in [9.17, 15) is 21.6 Å². The molecule has 0 saturated carbocycles. The third-order valence-corrected chi connectivity index (χ3v) is 4.16. The maximum Gasteiger partial charge on any atom is 1.00 e. The Balaban J connectivity index is 0. The first-order chi connectivity index (χ1) is 9.08. The van der Waals surface area contributed by atoms with E-state index in [1.807, 2.05) is 0 Å². The number of rotatable bonds is 6. The van der Waals surface area contributed by atoms with E-state index < -0.39 is 54.8 Å². The summed E-state index contributed by atoms with van der Waals surface area (Å²) < 4.78 is 58.4. The van der Waals surface area contributed by atoms with Crippen molar-refractivity contribution in [3.05, 3.63) is 23.8 Å². The molecule has 0 spiro atoms. The van der Waals surface area contributed by atoms with Gasteiger partial charge in [-0.25, -0.2) is 4.79 Å². The summed E-state index contributed by atoms with van der Waals surface area (Å²) in [7, 11) is -9.25. The number of benzene rings is 1. The predicted octanol–water partition coefficient (Wildman–Crippen LogP) is -3.55. The molecule has 3 N–H and O–H groups in total. The van der Waals surface area contributed by atoms with Gasteiger partial charge >= 0.3 is 35.5 Å². The Morgan fingerprint density at radius 2 is 1.67 bits per heavy atom. The molecule has 0 unspecified atom stereocenters. The van der Waals surface area contributed by atoms with E-state index in [1.165, 1.54) is 0 Å². The number of hydrogen-bond acceptors (Lipinski definition) is 7. The molecule has 0 aliphatic carbocycles. The van der Waals surface area contributed by atoms with Gasteiger partial charge in [-0.15, -0.1) is 0 Å². The third-order valence-electron chi connectivity index (χ3n) is 2.04. The van der Waals surface area contributed by atoms with Crippen LogP contribution in [0.2, 0.25) is 0 Å². The summed E-state index contributed by atoms with van der Waals surface area (Å²) in [5.74, 6) is -1.59. The van der Waals surface area contributed by atoms with E-state index in [4.69, 9.17) is 14.8 Å². The predicted molar refractivity (Wildman–Crippen MR) is 64.6 cm³/mol. The van der Waals surface area contributed by atoms with Gasteiger partial charge in [-0.05, 0) is 18.2 Å². The topological polar surface area (TPSA) is 155 Å². The van der Waals surface area contributed by atoms with Crippen molar-refractivity contribution in [2.24, 2.45) is 0 Å². The fourth-order valence-corrected chi connectivity index (χ4v) is 2.80. The maximum absolute atomic E-state index is 11.6. The molecule has 0 fully saturated rings. The maximum atomic E-state index is 11.6. The summed E-state index contributed by atoms with van der Waals surface area (Å²) >= 11 is 0. The minimum absolute atomic E-state index is 0.